The summed E-state index contributed by atoms with van der Waals surface area (Å²) in [6.45, 7) is 3.74. The van der Waals surface area contributed by atoms with Gasteiger partial charge in [0.25, 0.3) is 5.91 Å². The highest BCUT2D eigenvalue weighted by Gasteiger charge is 2.27. The molecule has 152 valence electrons. The Morgan fingerprint density at radius 1 is 1.07 bits per heavy atom. The van der Waals surface area contributed by atoms with Crippen LogP contribution in [-0.4, -0.2) is 38.8 Å². The third kappa shape index (κ3) is 4.12. The number of carbonyl (C=O) groups excluding carboxylic acids is 1. The maximum absolute atomic E-state index is 13.8. The molecule has 0 radical (unpaired) electrons. The van der Waals surface area contributed by atoms with E-state index in [1.807, 2.05) is 0 Å². The fourth-order valence-corrected chi connectivity index (χ4v) is 4.18. The summed E-state index contributed by atoms with van der Waals surface area (Å²) in [4.78, 5) is 12.2. The zero-order valence-corrected chi connectivity index (χ0v) is 16.2. The molecule has 0 saturated heterocycles. The predicted octanol–water partition coefficient (Wildman–Crippen LogP) is 3.40. The number of methoxy groups -OCH3 is 1. The number of ether oxygens (including phenoxy) is 1. The summed E-state index contributed by atoms with van der Waals surface area (Å²) in [5.41, 5.74) is -0.705. The highest BCUT2D eigenvalue weighted by molar-refractivity contribution is 7.89. The minimum atomic E-state index is -3.95. The topological polar surface area (TPSA) is 75.7 Å². The van der Waals surface area contributed by atoms with Crippen molar-refractivity contribution >= 4 is 21.6 Å². The van der Waals surface area contributed by atoms with Gasteiger partial charge in [-0.15, -0.1) is 0 Å². The Balaban J connectivity index is 2.45. The Kier molecular flexibility index (Phi) is 6.68. The number of amides is 1. The van der Waals surface area contributed by atoms with E-state index in [1.54, 1.807) is 13.8 Å². The van der Waals surface area contributed by atoms with Crippen molar-refractivity contribution in [2.24, 2.45) is 0 Å². The van der Waals surface area contributed by atoms with Crippen LogP contribution in [0.4, 0.5) is 18.9 Å². The van der Waals surface area contributed by atoms with Gasteiger partial charge in [-0.3, -0.25) is 4.79 Å². The number of halogens is 3. The Bertz CT molecular complexity index is 993. The highest BCUT2D eigenvalue weighted by Crippen LogP contribution is 2.28. The van der Waals surface area contributed by atoms with E-state index in [4.69, 9.17) is 4.74 Å². The van der Waals surface area contributed by atoms with Gasteiger partial charge in [-0.1, -0.05) is 13.8 Å². The summed E-state index contributed by atoms with van der Waals surface area (Å²) in [5.74, 6) is -5.55. The molecule has 10 heteroatoms. The first-order valence-corrected chi connectivity index (χ1v) is 9.74. The van der Waals surface area contributed by atoms with Crippen molar-refractivity contribution in [3.8, 4) is 5.75 Å². The van der Waals surface area contributed by atoms with E-state index in [1.165, 1.54) is 23.5 Å². The monoisotopic (exact) mass is 416 g/mol. The van der Waals surface area contributed by atoms with Crippen LogP contribution in [0.2, 0.25) is 0 Å². The van der Waals surface area contributed by atoms with Gasteiger partial charge in [0.2, 0.25) is 10.0 Å². The second-order valence-corrected chi connectivity index (χ2v) is 7.54. The quantitative estimate of drug-likeness (QED) is 0.702. The summed E-state index contributed by atoms with van der Waals surface area (Å²) < 4.78 is 72.0. The average molecular weight is 416 g/mol. The first-order valence-electron chi connectivity index (χ1n) is 8.30. The summed E-state index contributed by atoms with van der Waals surface area (Å²) in [6, 6.07) is 5.17. The lowest BCUT2D eigenvalue weighted by Gasteiger charge is -2.20. The smallest absolute Gasteiger partial charge is 0.255 e. The standard InChI is InChI=1S/C18H19F3N2O4S/c1-4-23(5-2)28(25,26)15-10-11(6-9-14(15)27-3)18(24)22-13-8-7-12(19)16(20)17(13)21/h6-10H,4-5H2,1-3H3,(H,22,24). The van der Waals surface area contributed by atoms with Crippen LogP contribution < -0.4 is 10.1 Å². The normalized spacial score (nSPS) is 11.5. The maximum atomic E-state index is 13.8. The van der Waals surface area contributed by atoms with E-state index >= 15 is 0 Å². The molecule has 28 heavy (non-hydrogen) atoms. The van der Waals surface area contributed by atoms with Crippen LogP contribution in [0.25, 0.3) is 0 Å². The van der Waals surface area contributed by atoms with Crippen LogP contribution in [0, 0.1) is 17.5 Å². The molecule has 0 fully saturated rings. The number of carbonyl (C=O) groups is 1. The number of rotatable bonds is 7. The molecule has 1 amide bonds. The van der Waals surface area contributed by atoms with Gasteiger partial charge < -0.3 is 10.1 Å². The third-order valence-corrected chi connectivity index (χ3v) is 6.10. The Morgan fingerprint density at radius 3 is 2.29 bits per heavy atom. The molecule has 0 atom stereocenters. The number of nitrogens with one attached hydrogen (secondary N) is 1. The molecule has 0 aliphatic heterocycles. The van der Waals surface area contributed by atoms with Crippen molar-refractivity contribution in [2.75, 3.05) is 25.5 Å². The van der Waals surface area contributed by atoms with E-state index in [0.29, 0.717) is 6.07 Å². The summed E-state index contributed by atoms with van der Waals surface area (Å²) in [6.07, 6.45) is 0. The van der Waals surface area contributed by atoms with E-state index in [-0.39, 0.29) is 29.3 Å². The van der Waals surface area contributed by atoms with Crippen LogP contribution in [0.1, 0.15) is 24.2 Å². The molecule has 0 aromatic heterocycles. The minimum absolute atomic E-state index is 0.0301. The molecular formula is C18H19F3N2O4S. The molecule has 2 aromatic carbocycles. The molecule has 0 unspecified atom stereocenters. The van der Waals surface area contributed by atoms with Crippen LogP contribution in [0.3, 0.4) is 0 Å². The van der Waals surface area contributed by atoms with E-state index in [2.05, 4.69) is 5.32 Å². The second-order valence-electron chi connectivity index (χ2n) is 5.63. The van der Waals surface area contributed by atoms with Crippen molar-refractivity contribution in [3.63, 3.8) is 0 Å². The molecule has 1 N–H and O–H groups in total. The molecule has 0 saturated carbocycles. The van der Waals surface area contributed by atoms with Gasteiger partial charge >= 0.3 is 0 Å². The molecular weight excluding hydrogens is 397 g/mol. The van der Waals surface area contributed by atoms with Crippen molar-refractivity contribution in [1.82, 2.24) is 4.31 Å². The maximum Gasteiger partial charge on any atom is 0.255 e. The van der Waals surface area contributed by atoms with Gasteiger partial charge in [0.05, 0.1) is 12.8 Å². The average Bonchev–Trinajstić information content (AvgIpc) is 2.68. The van der Waals surface area contributed by atoms with Gasteiger partial charge in [0, 0.05) is 18.7 Å². The van der Waals surface area contributed by atoms with Crippen LogP contribution >= 0.6 is 0 Å². The Labute approximate surface area is 161 Å². The second kappa shape index (κ2) is 8.61. The number of benzene rings is 2. The lowest BCUT2D eigenvalue weighted by Crippen LogP contribution is -2.31. The Hall–Kier alpha value is -2.59. The molecule has 6 nitrogen and oxygen atoms in total. The molecule has 0 aliphatic rings. The summed E-state index contributed by atoms with van der Waals surface area (Å²) in [7, 11) is -2.66. The van der Waals surface area contributed by atoms with Gasteiger partial charge in [0.15, 0.2) is 17.5 Å². The van der Waals surface area contributed by atoms with Crippen molar-refractivity contribution in [1.29, 1.82) is 0 Å². The zero-order valence-electron chi connectivity index (χ0n) is 15.4. The first kappa shape index (κ1) is 21.7. The summed E-state index contributed by atoms with van der Waals surface area (Å²) in [5, 5.41) is 2.10. The molecule has 2 rings (SSSR count). The van der Waals surface area contributed by atoms with Crippen molar-refractivity contribution in [2.45, 2.75) is 18.7 Å². The third-order valence-electron chi connectivity index (χ3n) is 4.03. The molecule has 0 aliphatic carbocycles. The number of anilines is 1. The van der Waals surface area contributed by atoms with Crippen molar-refractivity contribution in [3.05, 3.63) is 53.3 Å². The minimum Gasteiger partial charge on any atom is -0.495 e. The number of sulfonamides is 1. The lowest BCUT2D eigenvalue weighted by atomic mass is 10.2. The van der Waals surface area contributed by atoms with Gasteiger partial charge in [-0.2, -0.15) is 4.31 Å². The molecule has 0 heterocycles. The predicted molar refractivity (Wildman–Crippen MR) is 97.4 cm³/mol. The largest absolute Gasteiger partial charge is 0.495 e. The number of nitrogens with zero attached hydrogens (tertiary/aromatic N) is 1. The zero-order chi connectivity index (χ0) is 21.1. The highest BCUT2D eigenvalue weighted by atomic mass is 32.2. The van der Waals surface area contributed by atoms with Crippen molar-refractivity contribution < 1.29 is 31.1 Å². The van der Waals surface area contributed by atoms with Gasteiger partial charge in [-0.25, -0.2) is 21.6 Å². The van der Waals surface area contributed by atoms with Crippen LogP contribution in [0.15, 0.2) is 35.2 Å². The molecule has 2 aromatic rings. The SMILES string of the molecule is CCN(CC)S(=O)(=O)c1cc(C(=O)Nc2ccc(F)c(F)c2F)ccc1OC. The van der Waals surface area contributed by atoms with E-state index in [9.17, 15) is 26.4 Å². The lowest BCUT2D eigenvalue weighted by molar-refractivity contribution is 0.102. The summed E-state index contributed by atoms with van der Waals surface area (Å²) >= 11 is 0. The van der Waals surface area contributed by atoms with Gasteiger partial charge in [0.1, 0.15) is 10.6 Å². The van der Waals surface area contributed by atoms with Gasteiger partial charge in [-0.05, 0) is 30.3 Å². The Morgan fingerprint density at radius 2 is 1.71 bits per heavy atom. The van der Waals surface area contributed by atoms with Crippen LogP contribution in [-0.2, 0) is 10.0 Å². The number of hydrogen-bond donors (Lipinski definition) is 1. The molecule has 0 spiro atoms. The van der Waals surface area contributed by atoms with Crippen LogP contribution in [0.5, 0.6) is 5.75 Å². The number of hydrogen-bond acceptors (Lipinski definition) is 4. The molecule has 0 bridgehead atoms. The fourth-order valence-electron chi connectivity index (χ4n) is 2.54. The van der Waals surface area contributed by atoms with E-state index in [0.717, 1.165) is 12.1 Å². The first-order chi connectivity index (χ1) is 13.2. The van der Waals surface area contributed by atoms with E-state index < -0.39 is 39.1 Å². The fraction of sp³-hybridized carbons (Fsp3) is 0.278.